The highest BCUT2D eigenvalue weighted by atomic mass is 16.4. The number of carbonyl (C=O) groups is 1. The Morgan fingerprint density at radius 3 is 2.74 bits per heavy atom. The summed E-state index contributed by atoms with van der Waals surface area (Å²) >= 11 is 0. The first kappa shape index (κ1) is 16.4. The van der Waals surface area contributed by atoms with Crippen molar-refractivity contribution in [2.24, 2.45) is 11.8 Å². The molecule has 0 aromatic carbocycles. The molecule has 0 aromatic heterocycles. The molecule has 3 N–H and O–H groups in total. The highest BCUT2D eigenvalue weighted by Gasteiger charge is 2.28. The van der Waals surface area contributed by atoms with Crippen molar-refractivity contribution in [1.29, 1.82) is 0 Å². The molecule has 0 radical (unpaired) electrons. The predicted molar refractivity (Wildman–Crippen MR) is 75.1 cm³/mol. The molecule has 0 spiro atoms. The Labute approximate surface area is 116 Å². The second-order valence-electron chi connectivity index (χ2n) is 5.87. The Bertz CT molecular complexity index is 271. The van der Waals surface area contributed by atoms with Gasteiger partial charge >= 0.3 is 5.97 Å². The quantitative estimate of drug-likeness (QED) is 0.570. The lowest BCUT2D eigenvalue weighted by Crippen LogP contribution is -2.51. The molecule has 112 valence electrons. The van der Waals surface area contributed by atoms with Gasteiger partial charge in [-0.2, -0.15) is 0 Å². The minimum absolute atomic E-state index is 0.216. The Morgan fingerprint density at radius 2 is 2.16 bits per heavy atom. The van der Waals surface area contributed by atoms with Crippen molar-refractivity contribution < 1.29 is 15.0 Å². The van der Waals surface area contributed by atoms with E-state index in [2.05, 4.69) is 24.1 Å². The molecule has 0 saturated carbocycles. The van der Waals surface area contributed by atoms with Crippen LogP contribution in [0.3, 0.4) is 0 Å². The third-order valence-electron chi connectivity index (χ3n) is 3.91. The molecule has 1 saturated heterocycles. The highest BCUT2D eigenvalue weighted by molar-refractivity contribution is 5.66. The van der Waals surface area contributed by atoms with Gasteiger partial charge < -0.3 is 20.4 Å². The SMILES string of the molecule is CC(C)C1CC(NCCCO)CN(CCC(=O)O)C1. The maximum atomic E-state index is 10.7. The average Bonchev–Trinajstić information content (AvgIpc) is 2.36. The number of hydrogen-bond donors (Lipinski definition) is 3. The molecule has 5 heteroatoms. The molecule has 0 aliphatic carbocycles. The zero-order valence-electron chi connectivity index (χ0n) is 12.1. The monoisotopic (exact) mass is 272 g/mol. The normalized spacial score (nSPS) is 24.8. The van der Waals surface area contributed by atoms with Gasteiger partial charge in [-0.25, -0.2) is 0 Å². The summed E-state index contributed by atoms with van der Waals surface area (Å²) in [6.07, 6.45) is 2.14. The van der Waals surface area contributed by atoms with E-state index < -0.39 is 5.97 Å². The van der Waals surface area contributed by atoms with E-state index in [1.54, 1.807) is 0 Å². The summed E-state index contributed by atoms with van der Waals surface area (Å²) in [4.78, 5) is 12.9. The van der Waals surface area contributed by atoms with Gasteiger partial charge in [0, 0.05) is 32.3 Å². The molecule has 0 amide bonds. The van der Waals surface area contributed by atoms with Crippen LogP contribution in [0.15, 0.2) is 0 Å². The van der Waals surface area contributed by atoms with Gasteiger partial charge in [0.05, 0.1) is 6.42 Å². The number of carboxylic acids is 1. The molecule has 1 rings (SSSR count). The van der Waals surface area contributed by atoms with E-state index in [1.807, 2.05) is 0 Å². The smallest absolute Gasteiger partial charge is 0.304 e. The second-order valence-corrected chi connectivity index (χ2v) is 5.87. The van der Waals surface area contributed by atoms with Crippen LogP contribution < -0.4 is 5.32 Å². The molecule has 5 nitrogen and oxygen atoms in total. The van der Waals surface area contributed by atoms with Crippen LogP contribution in [0.1, 0.15) is 33.1 Å². The van der Waals surface area contributed by atoms with Crippen molar-refractivity contribution in [3.8, 4) is 0 Å². The Kier molecular flexibility index (Phi) is 7.34. The van der Waals surface area contributed by atoms with Crippen LogP contribution in [0.2, 0.25) is 0 Å². The lowest BCUT2D eigenvalue weighted by Gasteiger charge is -2.39. The van der Waals surface area contributed by atoms with Gasteiger partial charge in [0.2, 0.25) is 0 Å². The van der Waals surface area contributed by atoms with Crippen LogP contribution in [0.4, 0.5) is 0 Å². The van der Waals surface area contributed by atoms with Crippen molar-refractivity contribution in [3.05, 3.63) is 0 Å². The number of piperidine rings is 1. The van der Waals surface area contributed by atoms with E-state index in [4.69, 9.17) is 10.2 Å². The molecule has 1 fully saturated rings. The molecular weight excluding hydrogens is 244 g/mol. The summed E-state index contributed by atoms with van der Waals surface area (Å²) < 4.78 is 0. The summed E-state index contributed by atoms with van der Waals surface area (Å²) in [6.45, 7) is 8.07. The van der Waals surface area contributed by atoms with E-state index in [1.165, 1.54) is 0 Å². The van der Waals surface area contributed by atoms with Crippen LogP contribution in [0.5, 0.6) is 0 Å². The number of aliphatic carboxylic acids is 1. The van der Waals surface area contributed by atoms with Crippen molar-refractivity contribution in [1.82, 2.24) is 10.2 Å². The first-order valence-electron chi connectivity index (χ1n) is 7.31. The minimum atomic E-state index is -0.725. The fourth-order valence-corrected chi connectivity index (χ4v) is 2.68. The van der Waals surface area contributed by atoms with Crippen LogP contribution in [0.25, 0.3) is 0 Å². The number of aliphatic hydroxyl groups excluding tert-OH is 1. The molecule has 19 heavy (non-hydrogen) atoms. The van der Waals surface area contributed by atoms with Gasteiger partial charge in [-0.15, -0.1) is 0 Å². The molecule has 1 aliphatic rings. The van der Waals surface area contributed by atoms with E-state index in [-0.39, 0.29) is 13.0 Å². The van der Waals surface area contributed by atoms with E-state index in [0.29, 0.717) is 24.4 Å². The maximum Gasteiger partial charge on any atom is 0.304 e. The number of nitrogens with zero attached hydrogens (tertiary/aromatic N) is 1. The van der Waals surface area contributed by atoms with Gasteiger partial charge in [0.1, 0.15) is 0 Å². The number of hydrogen-bond acceptors (Lipinski definition) is 4. The number of likely N-dealkylation sites (tertiary alicyclic amines) is 1. The van der Waals surface area contributed by atoms with Crippen molar-refractivity contribution in [2.45, 2.75) is 39.2 Å². The van der Waals surface area contributed by atoms with Crippen LogP contribution in [-0.4, -0.2) is 59.9 Å². The fraction of sp³-hybridized carbons (Fsp3) is 0.929. The van der Waals surface area contributed by atoms with Crippen LogP contribution in [0, 0.1) is 11.8 Å². The van der Waals surface area contributed by atoms with E-state index >= 15 is 0 Å². The standard InChI is InChI=1S/C14H28N2O3/c1-11(2)12-8-13(15-5-3-7-17)10-16(9-12)6-4-14(18)19/h11-13,15,17H,3-10H2,1-2H3,(H,18,19). The summed E-state index contributed by atoms with van der Waals surface area (Å²) in [5, 5.41) is 21.1. The molecule has 2 unspecified atom stereocenters. The molecule has 0 bridgehead atoms. The van der Waals surface area contributed by atoms with Gasteiger partial charge in [-0.3, -0.25) is 4.79 Å². The molecule has 2 atom stereocenters. The fourth-order valence-electron chi connectivity index (χ4n) is 2.68. The Hall–Kier alpha value is -0.650. The lowest BCUT2D eigenvalue weighted by atomic mass is 9.85. The number of aliphatic hydroxyl groups is 1. The van der Waals surface area contributed by atoms with Gasteiger partial charge in [-0.1, -0.05) is 13.8 Å². The van der Waals surface area contributed by atoms with Gasteiger partial charge in [-0.05, 0) is 31.2 Å². The molecule has 0 aromatic rings. The largest absolute Gasteiger partial charge is 0.481 e. The third kappa shape index (κ3) is 6.36. The summed E-state index contributed by atoms with van der Waals surface area (Å²) in [5.41, 5.74) is 0. The number of nitrogens with one attached hydrogen (secondary N) is 1. The molecule has 1 aliphatic heterocycles. The number of carboxylic acid groups (broad SMARTS) is 1. The first-order chi connectivity index (χ1) is 9.02. The lowest BCUT2D eigenvalue weighted by molar-refractivity contribution is -0.137. The summed E-state index contributed by atoms with van der Waals surface area (Å²) in [7, 11) is 0. The Morgan fingerprint density at radius 1 is 1.42 bits per heavy atom. The van der Waals surface area contributed by atoms with Crippen molar-refractivity contribution in [3.63, 3.8) is 0 Å². The topological polar surface area (TPSA) is 72.8 Å². The van der Waals surface area contributed by atoms with Crippen LogP contribution >= 0.6 is 0 Å². The van der Waals surface area contributed by atoms with Crippen LogP contribution in [-0.2, 0) is 4.79 Å². The zero-order chi connectivity index (χ0) is 14.3. The Balaban J connectivity index is 2.45. The van der Waals surface area contributed by atoms with Crippen molar-refractivity contribution in [2.75, 3.05) is 32.8 Å². The predicted octanol–water partition coefficient (Wildman–Crippen LogP) is 0.780. The minimum Gasteiger partial charge on any atom is -0.481 e. The van der Waals surface area contributed by atoms with E-state index in [0.717, 1.165) is 32.5 Å². The zero-order valence-corrected chi connectivity index (χ0v) is 12.1. The molecular formula is C14H28N2O3. The average molecular weight is 272 g/mol. The summed E-state index contributed by atoms with van der Waals surface area (Å²) in [5.74, 6) is 0.514. The maximum absolute atomic E-state index is 10.7. The van der Waals surface area contributed by atoms with Gasteiger partial charge in [0.25, 0.3) is 0 Å². The van der Waals surface area contributed by atoms with Crippen molar-refractivity contribution >= 4 is 5.97 Å². The van der Waals surface area contributed by atoms with Gasteiger partial charge in [0.15, 0.2) is 0 Å². The van der Waals surface area contributed by atoms with E-state index in [9.17, 15) is 4.79 Å². The summed E-state index contributed by atoms with van der Waals surface area (Å²) in [6, 6.07) is 0.418. The second kappa shape index (κ2) is 8.51. The molecule has 1 heterocycles. The number of rotatable bonds is 8. The highest BCUT2D eigenvalue weighted by Crippen LogP contribution is 2.24. The third-order valence-corrected chi connectivity index (χ3v) is 3.91. The first-order valence-corrected chi connectivity index (χ1v) is 7.31.